The molecule has 0 unspecified atom stereocenters. The minimum Gasteiger partial charge on any atom is -0.369 e. The van der Waals surface area contributed by atoms with Crippen LogP contribution in [0.5, 0.6) is 0 Å². The second-order valence-corrected chi connectivity index (χ2v) is 9.78. The van der Waals surface area contributed by atoms with Crippen LogP contribution in [0.4, 0.5) is 10.2 Å². The largest absolute Gasteiger partial charge is 0.369 e. The standard InChI is InChI=1S/C30H34FN7O2/c1-37-15-16-38(28(39)11-13-32)20-24(37)19-35-30(40)26-9-10-27(25-8-3-2-6-22(25)18-33)36-29(26)34-14-12-21-5-4-7-23(31)17-21/h2-10,17,24H,11-16,19-20,32H2,1H3,(H,34,36)(H,35,40)/t24-/m0/s1. The Morgan fingerprint density at radius 2 is 1.98 bits per heavy atom. The Bertz CT molecular complexity index is 1390. The Labute approximate surface area is 233 Å². The van der Waals surface area contributed by atoms with E-state index >= 15 is 0 Å². The predicted molar refractivity (Wildman–Crippen MR) is 152 cm³/mol. The van der Waals surface area contributed by atoms with Crippen LogP contribution in [0.15, 0.2) is 60.7 Å². The van der Waals surface area contributed by atoms with Gasteiger partial charge in [0.2, 0.25) is 5.91 Å². The van der Waals surface area contributed by atoms with Gasteiger partial charge in [-0.05, 0) is 49.4 Å². The highest BCUT2D eigenvalue weighted by Crippen LogP contribution is 2.25. The number of amides is 2. The number of halogens is 1. The number of nitrogens with two attached hydrogens (primary N) is 1. The van der Waals surface area contributed by atoms with Crippen molar-refractivity contribution in [1.82, 2.24) is 20.1 Å². The smallest absolute Gasteiger partial charge is 0.255 e. The van der Waals surface area contributed by atoms with E-state index in [0.717, 1.165) is 5.56 Å². The minimum absolute atomic E-state index is 0.0224. The lowest BCUT2D eigenvalue weighted by Gasteiger charge is -2.39. The van der Waals surface area contributed by atoms with E-state index in [1.54, 1.807) is 35.2 Å². The average molecular weight is 544 g/mol. The molecule has 1 fully saturated rings. The molecule has 2 heterocycles. The molecule has 1 aliphatic rings. The molecule has 3 aromatic rings. The highest BCUT2D eigenvalue weighted by Gasteiger charge is 2.27. The number of benzene rings is 2. The van der Waals surface area contributed by atoms with Crippen molar-refractivity contribution < 1.29 is 14.0 Å². The van der Waals surface area contributed by atoms with Crippen LogP contribution in [-0.4, -0.2) is 79.0 Å². The van der Waals surface area contributed by atoms with E-state index in [9.17, 15) is 19.2 Å². The van der Waals surface area contributed by atoms with Crippen LogP contribution in [-0.2, 0) is 11.2 Å². The molecule has 40 heavy (non-hydrogen) atoms. The fourth-order valence-corrected chi connectivity index (χ4v) is 4.73. The molecule has 0 spiro atoms. The second kappa shape index (κ2) is 13.6. The molecule has 0 aliphatic carbocycles. The molecule has 4 N–H and O–H groups in total. The summed E-state index contributed by atoms with van der Waals surface area (Å²) in [5.74, 6) is -0.216. The van der Waals surface area contributed by atoms with Crippen LogP contribution in [0.2, 0.25) is 0 Å². The first-order valence-corrected chi connectivity index (χ1v) is 13.3. The van der Waals surface area contributed by atoms with E-state index in [1.807, 2.05) is 25.2 Å². The fraction of sp³-hybridized carbons (Fsp3) is 0.333. The summed E-state index contributed by atoms with van der Waals surface area (Å²) in [7, 11) is 1.98. The molecule has 2 aromatic carbocycles. The molecule has 0 saturated carbocycles. The Hall–Kier alpha value is -4.33. The Balaban J connectivity index is 1.51. The Morgan fingerprint density at radius 1 is 1.15 bits per heavy atom. The van der Waals surface area contributed by atoms with Crippen molar-refractivity contribution in [3.8, 4) is 17.3 Å². The molecule has 9 nitrogen and oxygen atoms in total. The average Bonchev–Trinajstić information content (AvgIpc) is 2.96. The third-order valence-electron chi connectivity index (χ3n) is 7.04. The lowest BCUT2D eigenvalue weighted by Crippen LogP contribution is -2.57. The number of hydrogen-bond donors (Lipinski definition) is 3. The Morgan fingerprint density at radius 3 is 2.75 bits per heavy atom. The van der Waals surface area contributed by atoms with Gasteiger partial charge < -0.3 is 21.3 Å². The highest BCUT2D eigenvalue weighted by molar-refractivity contribution is 5.99. The zero-order valence-electron chi connectivity index (χ0n) is 22.6. The summed E-state index contributed by atoms with van der Waals surface area (Å²) in [4.78, 5) is 34.4. The van der Waals surface area contributed by atoms with Gasteiger partial charge in [-0.15, -0.1) is 0 Å². The molecule has 4 rings (SSSR count). The molecule has 208 valence electrons. The maximum atomic E-state index is 13.6. The zero-order valence-corrected chi connectivity index (χ0v) is 22.6. The number of hydrogen-bond acceptors (Lipinski definition) is 7. The van der Waals surface area contributed by atoms with E-state index in [0.29, 0.717) is 80.3 Å². The van der Waals surface area contributed by atoms with Crippen LogP contribution in [0.25, 0.3) is 11.3 Å². The second-order valence-electron chi connectivity index (χ2n) is 9.78. The summed E-state index contributed by atoms with van der Waals surface area (Å²) in [5.41, 5.74) is 8.43. The van der Waals surface area contributed by atoms with E-state index < -0.39 is 0 Å². The van der Waals surface area contributed by atoms with Crippen LogP contribution in [0, 0.1) is 17.1 Å². The lowest BCUT2D eigenvalue weighted by atomic mass is 10.0. The van der Waals surface area contributed by atoms with E-state index in [4.69, 9.17) is 10.7 Å². The topological polar surface area (TPSA) is 127 Å². The number of carbonyl (C=O) groups is 2. The van der Waals surface area contributed by atoms with Crippen molar-refractivity contribution in [3.63, 3.8) is 0 Å². The van der Waals surface area contributed by atoms with Gasteiger partial charge in [0, 0.05) is 57.3 Å². The summed E-state index contributed by atoms with van der Waals surface area (Å²) < 4.78 is 13.6. The SMILES string of the molecule is CN1CCN(C(=O)CCN)C[C@@H]1CNC(=O)c1ccc(-c2ccccc2C#N)nc1NCCc1cccc(F)c1. The van der Waals surface area contributed by atoms with Gasteiger partial charge in [-0.3, -0.25) is 14.5 Å². The number of rotatable bonds is 10. The van der Waals surface area contributed by atoms with Gasteiger partial charge in [-0.25, -0.2) is 9.37 Å². The molecular formula is C30H34FN7O2. The number of nitrogens with one attached hydrogen (secondary N) is 2. The van der Waals surface area contributed by atoms with Crippen molar-refractivity contribution in [1.29, 1.82) is 5.26 Å². The summed E-state index contributed by atoms with van der Waals surface area (Å²) in [6.07, 6.45) is 0.833. The monoisotopic (exact) mass is 543 g/mol. The number of piperazine rings is 1. The number of likely N-dealkylation sites (N-methyl/N-ethyl adjacent to an activating group) is 1. The summed E-state index contributed by atoms with van der Waals surface area (Å²) in [6, 6.07) is 19.1. The normalized spacial score (nSPS) is 15.3. The molecule has 10 heteroatoms. The third-order valence-corrected chi connectivity index (χ3v) is 7.04. The third kappa shape index (κ3) is 7.20. The molecule has 2 amide bonds. The number of nitriles is 1. The number of anilines is 1. The summed E-state index contributed by atoms with van der Waals surface area (Å²) in [6.45, 7) is 2.93. The van der Waals surface area contributed by atoms with Crippen molar-refractivity contribution in [2.45, 2.75) is 18.9 Å². The number of aromatic nitrogens is 1. The number of carbonyl (C=O) groups excluding carboxylic acids is 2. The maximum Gasteiger partial charge on any atom is 0.255 e. The van der Waals surface area contributed by atoms with Gasteiger partial charge in [-0.2, -0.15) is 5.26 Å². The molecule has 1 aliphatic heterocycles. The van der Waals surface area contributed by atoms with Crippen molar-refractivity contribution in [2.24, 2.45) is 5.73 Å². The van der Waals surface area contributed by atoms with E-state index in [2.05, 4.69) is 21.6 Å². The first kappa shape index (κ1) is 28.7. The quantitative estimate of drug-likeness (QED) is 0.359. The van der Waals surface area contributed by atoms with Gasteiger partial charge >= 0.3 is 0 Å². The van der Waals surface area contributed by atoms with Gasteiger partial charge in [0.25, 0.3) is 5.91 Å². The van der Waals surface area contributed by atoms with Crippen LogP contribution in [0.3, 0.4) is 0 Å². The van der Waals surface area contributed by atoms with Crippen molar-refractivity contribution >= 4 is 17.6 Å². The van der Waals surface area contributed by atoms with E-state index in [1.165, 1.54) is 12.1 Å². The number of nitrogens with zero attached hydrogens (tertiary/aromatic N) is 4. The molecule has 1 aromatic heterocycles. The van der Waals surface area contributed by atoms with Crippen molar-refractivity contribution in [2.75, 3.05) is 51.6 Å². The number of pyridine rings is 1. The first-order valence-electron chi connectivity index (χ1n) is 13.3. The lowest BCUT2D eigenvalue weighted by molar-refractivity contribution is -0.133. The van der Waals surface area contributed by atoms with Crippen molar-refractivity contribution in [3.05, 3.63) is 83.2 Å². The fourth-order valence-electron chi connectivity index (χ4n) is 4.73. The minimum atomic E-state index is -0.306. The molecule has 0 radical (unpaired) electrons. The maximum absolute atomic E-state index is 13.6. The molecule has 1 saturated heterocycles. The zero-order chi connectivity index (χ0) is 28.5. The Kier molecular flexibility index (Phi) is 9.78. The molecule has 0 bridgehead atoms. The molecular weight excluding hydrogens is 509 g/mol. The van der Waals surface area contributed by atoms with Gasteiger partial charge in [-0.1, -0.05) is 30.3 Å². The summed E-state index contributed by atoms with van der Waals surface area (Å²) in [5, 5.41) is 15.8. The van der Waals surface area contributed by atoms with Gasteiger partial charge in [0.15, 0.2) is 0 Å². The first-order chi connectivity index (χ1) is 19.4. The predicted octanol–water partition coefficient (Wildman–Crippen LogP) is 2.64. The van der Waals surface area contributed by atoms with Gasteiger partial charge in [0.05, 0.1) is 22.9 Å². The van der Waals surface area contributed by atoms with Gasteiger partial charge in [0.1, 0.15) is 11.6 Å². The summed E-state index contributed by atoms with van der Waals surface area (Å²) >= 11 is 0. The van der Waals surface area contributed by atoms with E-state index in [-0.39, 0.29) is 23.7 Å². The molecule has 1 atom stereocenters. The van der Waals surface area contributed by atoms with Crippen LogP contribution < -0.4 is 16.4 Å². The van der Waals surface area contributed by atoms with Crippen LogP contribution in [0.1, 0.15) is 27.9 Å². The highest BCUT2D eigenvalue weighted by atomic mass is 19.1. The van der Waals surface area contributed by atoms with Crippen LogP contribution >= 0.6 is 0 Å².